The van der Waals surface area contributed by atoms with Crippen molar-refractivity contribution in [1.82, 2.24) is 4.90 Å². The normalized spacial score (nSPS) is 15.9. The smallest absolute Gasteiger partial charge is 0.122 e. The Morgan fingerprint density at radius 3 is 2.55 bits per heavy atom. The maximum Gasteiger partial charge on any atom is 0.122 e. The first-order chi connectivity index (χ1) is 9.54. The van der Waals surface area contributed by atoms with Crippen molar-refractivity contribution in [3.8, 4) is 5.75 Å². The summed E-state index contributed by atoms with van der Waals surface area (Å²) in [5.74, 6) is 0.910. The van der Waals surface area contributed by atoms with Crippen molar-refractivity contribution in [3.05, 3.63) is 29.8 Å². The van der Waals surface area contributed by atoms with Gasteiger partial charge >= 0.3 is 0 Å². The lowest BCUT2D eigenvalue weighted by molar-refractivity contribution is 0.0953. The van der Waals surface area contributed by atoms with Crippen molar-refractivity contribution < 1.29 is 9.84 Å². The number of methoxy groups -OCH3 is 1. The zero-order valence-corrected chi connectivity index (χ0v) is 13.0. The van der Waals surface area contributed by atoms with Crippen LogP contribution in [-0.2, 0) is 6.42 Å². The summed E-state index contributed by atoms with van der Waals surface area (Å²) in [5, 5.41) is 9.57. The molecule has 0 heterocycles. The second-order valence-corrected chi connectivity index (χ2v) is 5.35. The Labute approximate surface area is 122 Å². The molecule has 0 saturated carbocycles. The van der Waals surface area contributed by atoms with Crippen molar-refractivity contribution >= 4 is 0 Å². The highest BCUT2D eigenvalue weighted by Crippen LogP contribution is 2.21. The first-order valence-electron chi connectivity index (χ1n) is 7.25. The highest BCUT2D eigenvalue weighted by atomic mass is 16.5. The van der Waals surface area contributed by atoms with E-state index in [1.165, 1.54) is 5.56 Å². The third kappa shape index (κ3) is 4.20. The number of hydrogen-bond donors (Lipinski definition) is 2. The number of ether oxygens (including phenoxy) is 1. The van der Waals surface area contributed by atoms with Crippen LogP contribution in [0.4, 0.5) is 0 Å². The molecule has 1 rings (SSSR count). The van der Waals surface area contributed by atoms with Gasteiger partial charge in [-0.25, -0.2) is 0 Å². The van der Waals surface area contributed by atoms with Crippen LogP contribution >= 0.6 is 0 Å². The third-order valence-corrected chi connectivity index (χ3v) is 4.08. The number of nitrogens with zero attached hydrogens (tertiary/aromatic N) is 1. The monoisotopic (exact) mass is 280 g/mol. The molecule has 0 aliphatic rings. The number of nitrogens with two attached hydrogens (primary N) is 1. The standard InChI is InChI=1S/C16H28N2O2/c1-5-14(17)15(11-19)18(3)12(2)10-13-8-6-7-9-16(13)20-4/h6-9,12,14-15,19H,5,10-11,17H2,1-4H3. The summed E-state index contributed by atoms with van der Waals surface area (Å²) in [7, 11) is 3.72. The second-order valence-electron chi connectivity index (χ2n) is 5.35. The van der Waals surface area contributed by atoms with Crippen LogP contribution in [0.1, 0.15) is 25.8 Å². The van der Waals surface area contributed by atoms with Crippen molar-refractivity contribution in [2.45, 2.75) is 44.8 Å². The second kappa shape index (κ2) is 8.25. The van der Waals surface area contributed by atoms with Crippen molar-refractivity contribution in [1.29, 1.82) is 0 Å². The summed E-state index contributed by atoms with van der Waals surface area (Å²) in [6.07, 6.45) is 1.73. The molecule has 3 unspecified atom stereocenters. The van der Waals surface area contributed by atoms with Gasteiger partial charge in [0.15, 0.2) is 0 Å². The van der Waals surface area contributed by atoms with Gasteiger partial charge in [-0.15, -0.1) is 0 Å². The number of rotatable bonds is 8. The summed E-state index contributed by atoms with van der Waals surface area (Å²) in [4.78, 5) is 2.17. The molecule has 0 saturated heterocycles. The fourth-order valence-corrected chi connectivity index (χ4v) is 2.50. The molecule has 20 heavy (non-hydrogen) atoms. The van der Waals surface area contributed by atoms with Gasteiger partial charge in [0, 0.05) is 18.1 Å². The first-order valence-corrected chi connectivity index (χ1v) is 7.25. The molecular weight excluding hydrogens is 252 g/mol. The highest BCUT2D eigenvalue weighted by Gasteiger charge is 2.24. The average Bonchev–Trinajstić information content (AvgIpc) is 2.47. The lowest BCUT2D eigenvalue weighted by Gasteiger charge is -2.35. The van der Waals surface area contributed by atoms with Crippen LogP contribution < -0.4 is 10.5 Å². The lowest BCUT2D eigenvalue weighted by Crippen LogP contribution is -2.51. The minimum atomic E-state index is -0.00953. The highest BCUT2D eigenvalue weighted by molar-refractivity contribution is 5.33. The van der Waals surface area contributed by atoms with E-state index in [1.807, 2.05) is 32.2 Å². The maximum absolute atomic E-state index is 9.57. The third-order valence-electron chi connectivity index (χ3n) is 4.08. The Morgan fingerprint density at radius 1 is 1.35 bits per heavy atom. The van der Waals surface area contributed by atoms with Gasteiger partial charge in [-0.1, -0.05) is 25.1 Å². The summed E-state index contributed by atoms with van der Waals surface area (Å²) in [5.41, 5.74) is 7.27. The van der Waals surface area contributed by atoms with E-state index >= 15 is 0 Å². The predicted molar refractivity (Wildman–Crippen MR) is 83.1 cm³/mol. The largest absolute Gasteiger partial charge is 0.496 e. The lowest BCUT2D eigenvalue weighted by atomic mass is 10.0. The molecule has 0 radical (unpaired) electrons. The van der Waals surface area contributed by atoms with E-state index in [0.29, 0.717) is 0 Å². The molecule has 0 aliphatic carbocycles. The van der Waals surface area contributed by atoms with Gasteiger partial charge in [0.1, 0.15) is 5.75 Å². The molecule has 4 nitrogen and oxygen atoms in total. The molecule has 0 bridgehead atoms. The Hall–Kier alpha value is -1.10. The molecule has 114 valence electrons. The topological polar surface area (TPSA) is 58.7 Å². The molecule has 0 aliphatic heterocycles. The fourth-order valence-electron chi connectivity index (χ4n) is 2.50. The molecule has 4 heteroatoms. The van der Waals surface area contributed by atoms with Crippen molar-refractivity contribution in [2.24, 2.45) is 5.73 Å². The molecule has 3 N–H and O–H groups in total. The van der Waals surface area contributed by atoms with Crippen LogP contribution in [0.2, 0.25) is 0 Å². The maximum atomic E-state index is 9.57. The van der Waals surface area contributed by atoms with Crippen LogP contribution in [-0.4, -0.2) is 48.9 Å². The van der Waals surface area contributed by atoms with Crippen LogP contribution in [0.15, 0.2) is 24.3 Å². The van der Waals surface area contributed by atoms with Crippen LogP contribution in [0, 0.1) is 0 Å². The summed E-state index contributed by atoms with van der Waals surface area (Å²) < 4.78 is 5.39. The van der Waals surface area contributed by atoms with E-state index in [2.05, 4.69) is 17.9 Å². The number of likely N-dealkylation sites (N-methyl/N-ethyl adjacent to an activating group) is 1. The van der Waals surface area contributed by atoms with Gasteiger partial charge in [-0.2, -0.15) is 0 Å². The van der Waals surface area contributed by atoms with Gasteiger partial charge in [-0.05, 0) is 38.4 Å². The van der Waals surface area contributed by atoms with Gasteiger partial charge in [0.2, 0.25) is 0 Å². The molecule has 3 atom stereocenters. The predicted octanol–water partition coefficient (Wildman–Crippen LogP) is 1.66. The van der Waals surface area contributed by atoms with E-state index in [9.17, 15) is 5.11 Å². The zero-order valence-electron chi connectivity index (χ0n) is 13.0. The van der Waals surface area contributed by atoms with Crippen LogP contribution in [0.25, 0.3) is 0 Å². The summed E-state index contributed by atoms with van der Waals surface area (Å²) in [6, 6.07) is 8.31. The molecule has 0 amide bonds. The first kappa shape index (κ1) is 17.0. The van der Waals surface area contributed by atoms with Gasteiger partial charge in [0.05, 0.1) is 13.7 Å². The SMILES string of the molecule is CCC(N)C(CO)N(C)C(C)Cc1ccccc1OC. The Bertz CT molecular complexity index is 398. The quantitative estimate of drug-likeness (QED) is 0.760. The number of benzene rings is 1. The van der Waals surface area contributed by atoms with Crippen molar-refractivity contribution in [2.75, 3.05) is 20.8 Å². The van der Waals surface area contributed by atoms with E-state index < -0.39 is 0 Å². The van der Waals surface area contributed by atoms with Gasteiger partial charge < -0.3 is 15.6 Å². The number of aliphatic hydroxyl groups is 1. The number of para-hydroxylation sites is 1. The average molecular weight is 280 g/mol. The number of aliphatic hydroxyl groups excluding tert-OH is 1. The van der Waals surface area contributed by atoms with Crippen molar-refractivity contribution in [3.63, 3.8) is 0 Å². The molecule has 0 aromatic heterocycles. The Kier molecular flexibility index (Phi) is 6.99. The minimum absolute atomic E-state index is 0.00915. The molecule has 0 spiro atoms. The Morgan fingerprint density at radius 2 is 2.00 bits per heavy atom. The van der Waals surface area contributed by atoms with Crippen LogP contribution in [0.3, 0.4) is 0 Å². The fraction of sp³-hybridized carbons (Fsp3) is 0.625. The summed E-state index contributed by atoms with van der Waals surface area (Å²) in [6.45, 7) is 4.28. The molecule has 0 fully saturated rings. The zero-order chi connectivity index (χ0) is 15.1. The summed E-state index contributed by atoms with van der Waals surface area (Å²) >= 11 is 0. The van der Waals surface area contributed by atoms with E-state index in [-0.39, 0.29) is 24.7 Å². The number of hydrogen-bond acceptors (Lipinski definition) is 4. The van der Waals surface area contributed by atoms with Gasteiger partial charge in [-0.3, -0.25) is 4.90 Å². The van der Waals surface area contributed by atoms with Crippen LogP contribution in [0.5, 0.6) is 5.75 Å². The van der Waals surface area contributed by atoms with E-state index in [1.54, 1.807) is 7.11 Å². The molecule has 1 aromatic carbocycles. The van der Waals surface area contributed by atoms with Gasteiger partial charge in [0.25, 0.3) is 0 Å². The Balaban J connectivity index is 2.76. The molecule has 1 aromatic rings. The van der Waals surface area contributed by atoms with E-state index in [4.69, 9.17) is 10.5 Å². The minimum Gasteiger partial charge on any atom is -0.496 e. The van der Waals surface area contributed by atoms with E-state index in [0.717, 1.165) is 18.6 Å². The molecular formula is C16H28N2O2.